The van der Waals surface area contributed by atoms with Crippen LogP contribution in [0.5, 0.6) is 0 Å². The zero-order valence-corrected chi connectivity index (χ0v) is 41.5. The fourth-order valence-corrected chi connectivity index (χ4v) is 9.63. The molecule has 0 bridgehead atoms. The molecule has 8 heteroatoms. The zero-order chi connectivity index (χ0) is 46.7. The van der Waals surface area contributed by atoms with Crippen molar-refractivity contribution < 1.29 is 24.5 Å². The standard InChI is InChI=1S/C47H36N3O2.C13H11FN.Ir/c1-46(2,3)27-18-20-33-39(24-27)49-40-25-28(47(4,5)6)19-21-34(40)44(52)36-23-26(22-35(41(36)49)43(33)51)29-15-11-16-37-42(29)50-38-17-10-9-13-31(38)30-12-7-8-14-32(30)45(50)48-37;1-9-7-13(15-8-10(9)2)11-3-5-12(14)6-4-11;/h7-13,15-25H,1-6H3;3,5-8H,1-2H3;/q2*-1;. The van der Waals surface area contributed by atoms with Gasteiger partial charge in [-0.05, 0) is 107 Å². The summed E-state index contributed by atoms with van der Waals surface area (Å²) in [6, 6.07) is 49.6. The quantitative estimate of drug-likeness (QED) is 0.0983. The predicted octanol–water partition coefficient (Wildman–Crippen LogP) is 14.0. The van der Waals surface area contributed by atoms with E-state index in [2.05, 4.69) is 128 Å². The van der Waals surface area contributed by atoms with E-state index in [0.29, 0.717) is 27.1 Å². The molecule has 0 spiro atoms. The number of rotatable bonds is 2. The maximum atomic E-state index is 14.7. The maximum Gasteiger partial charge on any atom is 0.197 e. The van der Waals surface area contributed by atoms with Crippen molar-refractivity contribution in [3.63, 3.8) is 0 Å². The van der Waals surface area contributed by atoms with Crippen LogP contribution in [0.3, 0.4) is 0 Å². The first kappa shape index (κ1) is 44.7. The van der Waals surface area contributed by atoms with Crippen molar-refractivity contribution in [3.05, 3.63) is 200 Å². The molecular formula is C60H47FIrN4O2-2. The van der Waals surface area contributed by atoms with E-state index in [9.17, 15) is 14.0 Å². The zero-order valence-electron chi connectivity index (χ0n) is 39.1. The molecule has 0 atom stereocenters. The van der Waals surface area contributed by atoms with Crippen molar-refractivity contribution in [2.24, 2.45) is 0 Å². The average Bonchev–Trinajstić information content (AvgIpc) is 3.72. The van der Waals surface area contributed by atoms with Crippen LogP contribution in [-0.4, -0.2) is 18.8 Å². The number of para-hydroxylation sites is 2. The Morgan fingerprint density at radius 1 is 0.574 bits per heavy atom. The van der Waals surface area contributed by atoms with Gasteiger partial charge in [0.15, 0.2) is 10.9 Å². The van der Waals surface area contributed by atoms with Crippen molar-refractivity contribution >= 4 is 76.5 Å². The molecule has 0 amide bonds. The first-order valence-electron chi connectivity index (χ1n) is 22.7. The van der Waals surface area contributed by atoms with Crippen LogP contribution in [-0.2, 0) is 30.9 Å². The Morgan fingerprint density at radius 2 is 1.22 bits per heavy atom. The Hall–Kier alpha value is -7.12. The van der Waals surface area contributed by atoms with Gasteiger partial charge in [0.25, 0.3) is 0 Å². The number of pyridine rings is 4. The molecule has 1 radical (unpaired) electrons. The van der Waals surface area contributed by atoms with Gasteiger partial charge >= 0.3 is 0 Å². The van der Waals surface area contributed by atoms with Crippen LogP contribution in [0, 0.1) is 31.8 Å². The van der Waals surface area contributed by atoms with Gasteiger partial charge in [0.2, 0.25) is 0 Å². The predicted molar refractivity (Wildman–Crippen MR) is 275 cm³/mol. The summed E-state index contributed by atoms with van der Waals surface area (Å²) in [6.45, 7) is 17.1. The molecule has 7 aromatic carbocycles. The average molecular weight is 1070 g/mol. The number of aromatic nitrogens is 4. The monoisotopic (exact) mass is 1070 g/mol. The molecular weight excluding hydrogens is 1020 g/mol. The minimum Gasteiger partial charge on any atom is -0.333 e. The third-order valence-corrected chi connectivity index (χ3v) is 13.4. The number of hydrogen-bond donors (Lipinski definition) is 0. The summed E-state index contributed by atoms with van der Waals surface area (Å²) in [4.78, 5) is 38.9. The second kappa shape index (κ2) is 16.3. The van der Waals surface area contributed by atoms with Crippen molar-refractivity contribution in [3.8, 4) is 22.4 Å². The van der Waals surface area contributed by atoms with E-state index >= 15 is 0 Å². The minimum atomic E-state index is -0.275. The van der Waals surface area contributed by atoms with Gasteiger partial charge in [0, 0.05) is 64.7 Å². The maximum absolute atomic E-state index is 14.7. The number of imidazole rings is 1. The van der Waals surface area contributed by atoms with Crippen LogP contribution in [0.15, 0.2) is 149 Å². The van der Waals surface area contributed by atoms with Gasteiger partial charge < -0.3 is 13.8 Å². The summed E-state index contributed by atoms with van der Waals surface area (Å²) in [5.74, 6) is -0.275. The molecule has 337 valence electrons. The summed E-state index contributed by atoms with van der Waals surface area (Å²) in [5, 5.41) is 5.46. The van der Waals surface area contributed by atoms with Crippen LogP contribution in [0.4, 0.5) is 4.39 Å². The van der Waals surface area contributed by atoms with Gasteiger partial charge in [-0.1, -0.05) is 101 Å². The van der Waals surface area contributed by atoms with E-state index in [-0.39, 0.29) is 47.6 Å². The van der Waals surface area contributed by atoms with Gasteiger partial charge in [0.05, 0.1) is 33.2 Å². The van der Waals surface area contributed by atoms with E-state index in [0.717, 1.165) is 88.5 Å². The van der Waals surface area contributed by atoms with Crippen LogP contribution in [0.25, 0.3) is 98.8 Å². The van der Waals surface area contributed by atoms with Gasteiger partial charge in [-0.15, -0.1) is 59.5 Å². The Morgan fingerprint density at radius 3 is 1.84 bits per heavy atom. The fourth-order valence-electron chi connectivity index (χ4n) is 9.63. The van der Waals surface area contributed by atoms with E-state index in [1.807, 2.05) is 74.6 Å². The van der Waals surface area contributed by atoms with Crippen molar-refractivity contribution in [1.29, 1.82) is 0 Å². The number of aryl methyl sites for hydroxylation is 2. The topological polar surface area (TPSA) is 68.7 Å². The molecule has 0 aliphatic rings. The van der Waals surface area contributed by atoms with Crippen LogP contribution in [0.1, 0.15) is 63.8 Å². The van der Waals surface area contributed by atoms with Gasteiger partial charge in [-0.25, -0.2) is 0 Å². The summed E-state index contributed by atoms with van der Waals surface area (Å²) >= 11 is 0. The Labute approximate surface area is 406 Å². The van der Waals surface area contributed by atoms with E-state index < -0.39 is 0 Å². The third-order valence-electron chi connectivity index (χ3n) is 13.4. The Bertz CT molecular complexity index is 4020. The Balaban J connectivity index is 0.000000288. The van der Waals surface area contributed by atoms with Crippen LogP contribution in [0.2, 0.25) is 0 Å². The molecule has 0 saturated heterocycles. The van der Waals surface area contributed by atoms with Gasteiger partial charge in [-0.3, -0.25) is 19.0 Å². The minimum absolute atomic E-state index is 0. The number of halogens is 1. The number of benzene rings is 7. The SMILES string of the molecule is CC(C)(C)c1ccc2c(=O)c3cc(-c4cccc5nc6c7[c-]cccc7c7ccccc7n6c45)cc4c(=O)c5ccc(C(C)(C)C)cc5n(c2c1)c34.Cc1cnc(-c2[c-]cc(F)cc2)cc1C.[Ir]. The van der Waals surface area contributed by atoms with Crippen molar-refractivity contribution in [2.45, 2.75) is 66.2 Å². The molecule has 0 aliphatic heterocycles. The second-order valence-corrected chi connectivity index (χ2v) is 19.9. The smallest absolute Gasteiger partial charge is 0.197 e. The molecule has 0 saturated carbocycles. The third kappa shape index (κ3) is 7.17. The van der Waals surface area contributed by atoms with Crippen LogP contribution >= 0.6 is 0 Å². The van der Waals surface area contributed by atoms with Gasteiger partial charge in [-0.2, -0.15) is 0 Å². The molecule has 68 heavy (non-hydrogen) atoms. The largest absolute Gasteiger partial charge is 0.333 e. The summed E-state index contributed by atoms with van der Waals surface area (Å²) in [6.07, 6.45) is 1.82. The Kier molecular flexibility index (Phi) is 10.7. The van der Waals surface area contributed by atoms with Crippen LogP contribution < -0.4 is 10.9 Å². The second-order valence-electron chi connectivity index (χ2n) is 19.9. The molecule has 5 heterocycles. The first-order valence-corrected chi connectivity index (χ1v) is 22.7. The first-order chi connectivity index (χ1) is 32.1. The number of hydrogen-bond acceptors (Lipinski definition) is 4. The number of nitrogens with zero attached hydrogens (tertiary/aromatic N) is 4. The number of fused-ring (bicyclic) bond motifs is 12. The molecule has 12 aromatic rings. The van der Waals surface area contributed by atoms with E-state index in [1.54, 1.807) is 6.07 Å². The molecule has 5 aromatic heterocycles. The molecule has 0 unspecified atom stereocenters. The van der Waals surface area contributed by atoms with E-state index in [1.165, 1.54) is 17.7 Å². The molecule has 0 aliphatic carbocycles. The molecule has 0 fully saturated rings. The van der Waals surface area contributed by atoms with Crippen molar-refractivity contribution in [2.75, 3.05) is 0 Å². The summed E-state index contributed by atoms with van der Waals surface area (Å²) in [5.41, 5.74) is 13.4. The molecule has 0 N–H and O–H groups in total. The normalized spacial score (nSPS) is 12.2. The van der Waals surface area contributed by atoms with Crippen molar-refractivity contribution in [1.82, 2.24) is 18.8 Å². The van der Waals surface area contributed by atoms with Gasteiger partial charge in [0.1, 0.15) is 0 Å². The fraction of sp³-hybridized carbons (Fsp3) is 0.167. The summed E-state index contributed by atoms with van der Waals surface area (Å²) < 4.78 is 17.1. The summed E-state index contributed by atoms with van der Waals surface area (Å²) in [7, 11) is 0. The van der Waals surface area contributed by atoms with E-state index in [4.69, 9.17) is 4.98 Å². The molecule has 12 rings (SSSR count). The molecule has 6 nitrogen and oxygen atoms in total.